The molecule has 1 atom stereocenters. The maximum absolute atomic E-state index is 14.2. The van der Waals surface area contributed by atoms with E-state index in [9.17, 15) is 13.8 Å². The van der Waals surface area contributed by atoms with E-state index in [1.54, 1.807) is 0 Å². The lowest BCUT2D eigenvalue weighted by Crippen LogP contribution is -2.45. The van der Waals surface area contributed by atoms with Crippen LogP contribution in [-0.2, 0) is 13.9 Å². The third-order valence-electron chi connectivity index (χ3n) is 3.84. The number of pyridine rings is 1. The summed E-state index contributed by atoms with van der Waals surface area (Å²) >= 11 is 0. The van der Waals surface area contributed by atoms with Crippen molar-refractivity contribution >= 4 is 37.1 Å². The van der Waals surface area contributed by atoms with Crippen LogP contribution in [0.15, 0.2) is 18.3 Å². The van der Waals surface area contributed by atoms with Crippen molar-refractivity contribution in [3.63, 3.8) is 0 Å². The molecule has 12 nitrogen and oxygen atoms in total. The molecule has 0 aromatic carbocycles. The first-order valence-corrected chi connectivity index (χ1v) is 10.6. The molecule has 4 N–H and O–H groups in total. The Morgan fingerprint density at radius 1 is 1.32 bits per heavy atom. The molecule has 0 fully saturated rings. The van der Waals surface area contributed by atoms with Gasteiger partial charge in [0.15, 0.2) is 29.3 Å². The standard InChI is InChI=1S/C17H22FN6O6P/c1-9-15(25)24(8-29-31(26,27)28)14-11(30-9)5-6-12(21-14)20-13-10(18)7-19-16(22-13)23-17(2,3)4/h5-7,9H,8H2,1-4H3,(H2,26,27,28)(H2,19,20,21,22,23). The van der Waals surface area contributed by atoms with Crippen LogP contribution in [0.25, 0.3) is 0 Å². The Labute approximate surface area is 177 Å². The SMILES string of the molecule is CC1Oc2ccc(Nc3nc(NC(C)(C)C)ncc3F)nc2N(COP(=O)(O)O)C1=O. The van der Waals surface area contributed by atoms with E-state index in [0.29, 0.717) is 0 Å². The number of amides is 1. The number of nitrogens with zero attached hydrogens (tertiary/aromatic N) is 4. The van der Waals surface area contributed by atoms with E-state index in [2.05, 4.69) is 30.1 Å². The van der Waals surface area contributed by atoms with Crippen molar-refractivity contribution in [2.45, 2.75) is 39.3 Å². The molecule has 1 aliphatic rings. The lowest BCUT2D eigenvalue weighted by Gasteiger charge is -2.31. The van der Waals surface area contributed by atoms with Crippen LogP contribution in [0.3, 0.4) is 0 Å². The molecule has 14 heteroatoms. The van der Waals surface area contributed by atoms with Gasteiger partial charge in [0, 0.05) is 5.54 Å². The number of fused-ring (bicyclic) bond motifs is 1. The second-order valence-electron chi connectivity index (χ2n) is 7.68. The van der Waals surface area contributed by atoms with E-state index in [-0.39, 0.29) is 34.7 Å². The fraction of sp³-hybridized carbons (Fsp3) is 0.412. The van der Waals surface area contributed by atoms with Gasteiger partial charge >= 0.3 is 7.82 Å². The minimum absolute atomic E-state index is 0.0518. The summed E-state index contributed by atoms with van der Waals surface area (Å²) in [5.41, 5.74) is -0.354. The normalized spacial score (nSPS) is 16.5. The molecule has 0 spiro atoms. The lowest BCUT2D eigenvalue weighted by atomic mass is 10.1. The molecule has 31 heavy (non-hydrogen) atoms. The Kier molecular flexibility index (Phi) is 6.14. The quantitative estimate of drug-likeness (QED) is 0.472. The second kappa shape index (κ2) is 8.35. The predicted molar refractivity (Wildman–Crippen MR) is 108 cm³/mol. The van der Waals surface area contributed by atoms with Crippen LogP contribution in [0.5, 0.6) is 5.75 Å². The molecule has 2 aromatic heterocycles. The number of carbonyl (C=O) groups is 1. The summed E-state index contributed by atoms with van der Waals surface area (Å²) < 4.78 is 35.2. The molecule has 0 radical (unpaired) electrons. The van der Waals surface area contributed by atoms with Gasteiger partial charge in [0.25, 0.3) is 5.91 Å². The number of hydrogen-bond donors (Lipinski definition) is 4. The highest BCUT2D eigenvalue weighted by molar-refractivity contribution is 7.46. The van der Waals surface area contributed by atoms with E-state index < -0.39 is 32.4 Å². The minimum atomic E-state index is -4.84. The monoisotopic (exact) mass is 456 g/mol. The summed E-state index contributed by atoms with van der Waals surface area (Å²) in [5.74, 6) is -1.08. The lowest BCUT2D eigenvalue weighted by molar-refractivity contribution is -0.126. The Balaban J connectivity index is 1.90. The highest BCUT2D eigenvalue weighted by atomic mass is 31.2. The van der Waals surface area contributed by atoms with Crippen molar-refractivity contribution in [2.75, 3.05) is 22.3 Å². The minimum Gasteiger partial charge on any atom is -0.477 e. The predicted octanol–water partition coefficient (Wildman–Crippen LogP) is 2.15. The van der Waals surface area contributed by atoms with E-state index >= 15 is 0 Å². The molecular formula is C17H22FN6O6P. The van der Waals surface area contributed by atoms with E-state index in [1.807, 2.05) is 20.8 Å². The van der Waals surface area contributed by atoms with Crippen molar-refractivity contribution in [1.29, 1.82) is 0 Å². The van der Waals surface area contributed by atoms with Crippen LogP contribution >= 0.6 is 7.82 Å². The van der Waals surface area contributed by atoms with Gasteiger partial charge in [-0.1, -0.05) is 0 Å². The first-order chi connectivity index (χ1) is 14.3. The van der Waals surface area contributed by atoms with Crippen LogP contribution in [0.4, 0.5) is 27.8 Å². The average Bonchev–Trinajstić information content (AvgIpc) is 2.63. The Bertz CT molecular complexity index is 1040. The zero-order chi connectivity index (χ0) is 23.0. The molecule has 0 bridgehead atoms. The van der Waals surface area contributed by atoms with Gasteiger partial charge in [-0.05, 0) is 39.8 Å². The van der Waals surface area contributed by atoms with E-state index in [4.69, 9.17) is 14.5 Å². The van der Waals surface area contributed by atoms with Crippen LogP contribution < -0.4 is 20.3 Å². The van der Waals surface area contributed by atoms with E-state index in [0.717, 1.165) is 11.1 Å². The van der Waals surface area contributed by atoms with Gasteiger partial charge in [-0.3, -0.25) is 14.2 Å². The van der Waals surface area contributed by atoms with Crippen LogP contribution in [0.1, 0.15) is 27.7 Å². The fourth-order valence-electron chi connectivity index (χ4n) is 2.58. The summed E-state index contributed by atoms with van der Waals surface area (Å²) in [5, 5.41) is 5.72. The number of aromatic nitrogens is 3. The molecule has 1 aliphatic heterocycles. The molecule has 3 rings (SSSR count). The Morgan fingerprint density at radius 3 is 2.68 bits per heavy atom. The summed E-state index contributed by atoms with van der Waals surface area (Å²) in [4.78, 5) is 43.5. The molecule has 0 aliphatic carbocycles. The molecule has 0 saturated heterocycles. The first kappa shape index (κ1) is 22.8. The highest BCUT2D eigenvalue weighted by Gasteiger charge is 2.34. The number of hydrogen-bond acceptors (Lipinski definition) is 9. The number of carbonyl (C=O) groups excluding carboxylic acids is 1. The number of rotatable bonds is 6. The van der Waals surface area contributed by atoms with Crippen molar-refractivity contribution in [3.05, 3.63) is 24.1 Å². The second-order valence-corrected chi connectivity index (χ2v) is 8.92. The summed E-state index contributed by atoms with van der Waals surface area (Å²) in [6.45, 7) is 6.40. The van der Waals surface area contributed by atoms with Crippen molar-refractivity contribution < 1.29 is 32.8 Å². The van der Waals surface area contributed by atoms with Gasteiger partial charge in [-0.25, -0.2) is 18.9 Å². The molecule has 3 heterocycles. The zero-order valence-electron chi connectivity index (χ0n) is 17.2. The maximum Gasteiger partial charge on any atom is 0.471 e. The third-order valence-corrected chi connectivity index (χ3v) is 4.30. The van der Waals surface area contributed by atoms with Gasteiger partial charge in [0.05, 0.1) is 6.20 Å². The topological polar surface area (TPSA) is 159 Å². The third kappa shape index (κ3) is 5.85. The van der Waals surface area contributed by atoms with Gasteiger partial charge < -0.3 is 25.2 Å². The first-order valence-electron chi connectivity index (χ1n) is 9.09. The van der Waals surface area contributed by atoms with Crippen LogP contribution in [-0.4, -0.2) is 49.0 Å². The summed E-state index contributed by atoms with van der Waals surface area (Å²) in [6.07, 6.45) is 0.0786. The largest absolute Gasteiger partial charge is 0.477 e. The average molecular weight is 456 g/mol. The number of phosphoric acid groups is 1. The molecule has 2 aromatic rings. The molecule has 168 valence electrons. The number of ether oxygens (including phenoxy) is 1. The van der Waals surface area contributed by atoms with Crippen molar-refractivity contribution in [1.82, 2.24) is 15.0 Å². The van der Waals surface area contributed by atoms with E-state index in [1.165, 1.54) is 19.1 Å². The summed E-state index contributed by atoms with van der Waals surface area (Å²) in [6, 6.07) is 2.95. The fourth-order valence-corrected chi connectivity index (χ4v) is 2.85. The van der Waals surface area contributed by atoms with Gasteiger partial charge in [-0.15, -0.1) is 0 Å². The molecular weight excluding hydrogens is 434 g/mol. The van der Waals surface area contributed by atoms with Crippen LogP contribution in [0, 0.1) is 5.82 Å². The Hall–Kier alpha value is -2.86. The van der Waals surface area contributed by atoms with Crippen molar-refractivity contribution in [2.24, 2.45) is 0 Å². The number of phosphoric ester groups is 1. The highest BCUT2D eigenvalue weighted by Crippen LogP contribution is 2.39. The van der Waals surface area contributed by atoms with Crippen LogP contribution in [0.2, 0.25) is 0 Å². The molecule has 1 unspecified atom stereocenters. The maximum atomic E-state index is 14.2. The summed E-state index contributed by atoms with van der Waals surface area (Å²) in [7, 11) is -4.84. The zero-order valence-corrected chi connectivity index (χ0v) is 18.1. The van der Waals surface area contributed by atoms with Gasteiger partial charge in [-0.2, -0.15) is 4.98 Å². The smallest absolute Gasteiger partial charge is 0.471 e. The number of anilines is 4. The number of nitrogens with one attached hydrogen (secondary N) is 2. The van der Waals surface area contributed by atoms with Crippen molar-refractivity contribution in [3.8, 4) is 5.75 Å². The number of halogens is 1. The molecule has 0 saturated carbocycles. The molecule has 1 amide bonds. The van der Waals surface area contributed by atoms with Gasteiger partial charge in [0.1, 0.15) is 12.5 Å². The Morgan fingerprint density at radius 2 is 2.03 bits per heavy atom. The van der Waals surface area contributed by atoms with Gasteiger partial charge in [0.2, 0.25) is 5.95 Å².